The minimum atomic E-state index is -2.05. The maximum Gasteiger partial charge on any atom is 0.353 e. The molecule has 1 aliphatic rings. The zero-order chi connectivity index (χ0) is 30.4. The van der Waals surface area contributed by atoms with Crippen molar-refractivity contribution < 1.29 is 59.2 Å². The Morgan fingerprint density at radius 3 is 1.86 bits per heavy atom. The maximum atomic E-state index is 14.0. The zero-order valence-corrected chi connectivity index (χ0v) is 22.3. The molecule has 6 atom stereocenters. The van der Waals surface area contributed by atoms with E-state index < -0.39 is 73.6 Å². The fraction of sp³-hybridized carbons (Fsp3) is 0.357. The number of aromatic nitrogens is 2. The van der Waals surface area contributed by atoms with Gasteiger partial charge in [-0.1, -0.05) is 60.7 Å². The molecule has 0 spiro atoms. The van der Waals surface area contributed by atoms with Crippen molar-refractivity contribution in [1.29, 1.82) is 0 Å². The molecule has 2 heterocycles. The van der Waals surface area contributed by atoms with E-state index in [1.807, 2.05) is 0 Å². The molecule has 6 N–H and O–H groups in total. The predicted octanol–water partition coefficient (Wildman–Crippen LogP) is -0.766. The van der Waals surface area contributed by atoms with Gasteiger partial charge in [0.1, 0.15) is 18.3 Å². The van der Waals surface area contributed by atoms with Gasteiger partial charge in [0, 0.05) is 7.11 Å². The van der Waals surface area contributed by atoms with Crippen LogP contribution in [0.15, 0.2) is 66.7 Å². The molecule has 0 aliphatic carbocycles. The van der Waals surface area contributed by atoms with E-state index in [-0.39, 0.29) is 11.4 Å². The summed E-state index contributed by atoms with van der Waals surface area (Å²) in [7, 11) is 1.31. The van der Waals surface area contributed by atoms with E-state index in [1.165, 1.54) is 13.2 Å². The van der Waals surface area contributed by atoms with Crippen LogP contribution in [0.5, 0.6) is 6.01 Å². The summed E-state index contributed by atoms with van der Waals surface area (Å²) in [6.45, 7) is -1.10. The smallest absolute Gasteiger partial charge is 0.353 e. The Kier molecular flexibility index (Phi) is 9.80. The number of methoxy groups -OCH3 is 1. The van der Waals surface area contributed by atoms with Gasteiger partial charge in [0.2, 0.25) is 12.4 Å². The van der Waals surface area contributed by atoms with Gasteiger partial charge < -0.3 is 49.6 Å². The molecular formula is C28H30N2O12. The summed E-state index contributed by atoms with van der Waals surface area (Å²) in [5.74, 6) is -2.95. The molecule has 1 fully saturated rings. The van der Waals surface area contributed by atoms with E-state index >= 15 is 0 Å². The Hall–Kier alpha value is -4.02. The highest BCUT2D eigenvalue weighted by atomic mass is 16.7. The van der Waals surface area contributed by atoms with Crippen LogP contribution in [0, 0.1) is 0 Å². The molecule has 1 aromatic heterocycles. The molecule has 224 valence electrons. The Morgan fingerprint density at radius 2 is 1.40 bits per heavy atom. The Morgan fingerprint density at radius 1 is 0.881 bits per heavy atom. The number of esters is 1. The first-order valence-corrected chi connectivity index (χ1v) is 12.7. The first-order valence-electron chi connectivity index (χ1n) is 12.7. The first kappa shape index (κ1) is 30.9. The number of hydrogen-bond donors (Lipinski definition) is 6. The first-order chi connectivity index (χ1) is 20.2. The van der Waals surface area contributed by atoms with Crippen LogP contribution in [0.3, 0.4) is 0 Å². The molecule has 1 unspecified atom stereocenters. The van der Waals surface area contributed by atoms with Crippen LogP contribution in [0.2, 0.25) is 0 Å². The lowest BCUT2D eigenvalue weighted by Gasteiger charge is -2.41. The van der Waals surface area contributed by atoms with Crippen molar-refractivity contribution in [2.45, 2.75) is 55.6 Å². The fourth-order valence-corrected chi connectivity index (χ4v) is 4.65. The van der Waals surface area contributed by atoms with Crippen LogP contribution in [0.4, 0.5) is 0 Å². The standard InChI is InChI=1S/C28H30N2O12/c1-39-28(15-8-4-2-5-9-15,16-10-6-3-7-11-16)23(41-27-29-17(13-31)12-18(14-32)30-27)25(38)42-26-21(35)19(33)20(34)22(40-26)24(36)37/h2-12,19-23,26,31-35H,13-14H2,1H3,(H,36,37)/t19-,20-,21+,22-,23?,26-/m0/s1. The lowest BCUT2D eigenvalue weighted by atomic mass is 9.81. The van der Waals surface area contributed by atoms with E-state index in [2.05, 4.69) is 9.97 Å². The summed E-state index contributed by atoms with van der Waals surface area (Å²) < 4.78 is 22.6. The van der Waals surface area contributed by atoms with E-state index in [1.54, 1.807) is 60.7 Å². The molecule has 14 heteroatoms. The van der Waals surface area contributed by atoms with Gasteiger partial charge in [-0.2, -0.15) is 9.97 Å². The predicted molar refractivity (Wildman–Crippen MR) is 139 cm³/mol. The third-order valence-electron chi connectivity index (χ3n) is 6.71. The van der Waals surface area contributed by atoms with Crippen LogP contribution in [-0.2, 0) is 42.6 Å². The molecule has 3 aromatic rings. The molecular weight excluding hydrogens is 556 g/mol. The van der Waals surface area contributed by atoms with Gasteiger partial charge in [-0.05, 0) is 17.2 Å². The van der Waals surface area contributed by atoms with Crippen LogP contribution in [0.25, 0.3) is 0 Å². The second-order valence-corrected chi connectivity index (χ2v) is 9.29. The number of aliphatic hydroxyl groups is 5. The van der Waals surface area contributed by atoms with E-state index in [4.69, 9.17) is 18.9 Å². The van der Waals surface area contributed by atoms with E-state index in [0.29, 0.717) is 11.1 Å². The number of carbonyl (C=O) groups is 2. The average molecular weight is 587 g/mol. The molecule has 0 bridgehead atoms. The van der Waals surface area contributed by atoms with Crippen molar-refractivity contribution in [3.8, 4) is 6.01 Å². The Bertz CT molecular complexity index is 1300. The number of carbonyl (C=O) groups excluding carboxylic acids is 1. The second-order valence-electron chi connectivity index (χ2n) is 9.29. The number of ether oxygens (including phenoxy) is 4. The van der Waals surface area contributed by atoms with Crippen molar-refractivity contribution in [1.82, 2.24) is 9.97 Å². The summed E-state index contributed by atoms with van der Waals surface area (Å²) in [5.41, 5.74) is -0.894. The molecule has 0 amide bonds. The SMILES string of the molecule is COC(c1ccccc1)(c1ccccc1)C(Oc1nc(CO)cc(CO)n1)C(=O)O[C@@H]1O[C@H](C(=O)O)[C@@H](O)[C@H](O)[C@H]1O. The molecule has 1 aliphatic heterocycles. The highest BCUT2D eigenvalue weighted by Crippen LogP contribution is 2.39. The number of hydrogen-bond acceptors (Lipinski definition) is 13. The maximum absolute atomic E-state index is 14.0. The molecule has 0 saturated carbocycles. The van der Waals surface area contributed by atoms with Gasteiger partial charge in [-0.15, -0.1) is 0 Å². The van der Waals surface area contributed by atoms with Gasteiger partial charge in [0.05, 0.1) is 24.6 Å². The molecule has 14 nitrogen and oxygen atoms in total. The normalized spacial score (nSPS) is 23.1. The number of rotatable bonds is 11. The summed E-state index contributed by atoms with van der Waals surface area (Å²) in [4.78, 5) is 33.8. The summed E-state index contributed by atoms with van der Waals surface area (Å²) in [6.07, 6.45) is -12.0. The van der Waals surface area contributed by atoms with Crippen LogP contribution in [0.1, 0.15) is 22.5 Å². The van der Waals surface area contributed by atoms with Crippen molar-refractivity contribution in [2.24, 2.45) is 0 Å². The van der Waals surface area contributed by atoms with Gasteiger partial charge in [0.15, 0.2) is 11.7 Å². The number of aliphatic hydroxyl groups excluding tert-OH is 5. The van der Waals surface area contributed by atoms with Crippen molar-refractivity contribution in [3.05, 3.63) is 89.2 Å². The highest BCUT2D eigenvalue weighted by Gasteiger charge is 2.53. The van der Waals surface area contributed by atoms with Gasteiger partial charge in [-0.25, -0.2) is 9.59 Å². The molecule has 42 heavy (non-hydrogen) atoms. The minimum absolute atomic E-state index is 0.0612. The molecule has 0 radical (unpaired) electrons. The number of carboxylic acids is 1. The lowest BCUT2D eigenvalue weighted by Crippen LogP contribution is -2.61. The summed E-state index contributed by atoms with van der Waals surface area (Å²) in [6, 6.07) is 17.7. The Balaban J connectivity index is 1.85. The van der Waals surface area contributed by atoms with Crippen molar-refractivity contribution >= 4 is 11.9 Å². The molecule has 1 saturated heterocycles. The largest absolute Gasteiger partial charge is 0.479 e. The van der Waals surface area contributed by atoms with Gasteiger partial charge in [0.25, 0.3) is 0 Å². The van der Waals surface area contributed by atoms with E-state index in [9.17, 15) is 40.2 Å². The lowest BCUT2D eigenvalue weighted by molar-refractivity contribution is -0.289. The van der Waals surface area contributed by atoms with Crippen molar-refractivity contribution in [2.75, 3.05) is 7.11 Å². The molecule has 4 rings (SSSR count). The molecule has 2 aromatic carbocycles. The Labute approximate surface area is 239 Å². The van der Waals surface area contributed by atoms with E-state index in [0.717, 1.165) is 0 Å². The minimum Gasteiger partial charge on any atom is -0.479 e. The zero-order valence-electron chi connectivity index (χ0n) is 22.3. The highest BCUT2D eigenvalue weighted by molar-refractivity contribution is 5.79. The third kappa shape index (κ3) is 6.10. The monoisotopic (exact) mass is 586 g/mol. The fourth-order valence-electron chi connectivity index (χ4n) is 4.65. The average Bonchev–Trinajstić information content (AvgIpc) is 3.02. The van der Waals surface area contributed by atoms with Crippen LogP contribution < -0.4 is 4.74 Å². The summed E-state index contributed by atoms with van der Waals surface area (Å²) >= 11 is 0. The number of aliphatic carboxylic acids is 1. The number of nitrogens with zero attached hydrogens (tertiary/aromatic N) is 2. The van der Waals surface area contributed by atoms with Crippen molar-refractivity contribution in [3.63, 3.8) is 0 Å². The third-order valence-corrected chi connectivity index (χ3v) is 6.71. The van der Waals surface area contributed by atoms with Gasteiger partial charge in [-0.3, -0.25) is 0 Å². The number of carboxylic acid groups (broad SMARTS) is 1. The quantitative estimate of drug-likeness (QED) is 0.152. The number of benzene rings is 2. The topological polar surface area (TPSA) is 218 Å². The van der Waals surface area contributed by atoms with Gasteiger partial charge >= 0.3 is 17.9 Å². The van der Waals surface area contributed by atoms with Crippen LogP contribution >= 0.6 is 0 Å². The van der Waals surface area contributed by atoms with Crippen LogP contribution in [-0.4, -0.2) is 96.5 Å². The summed E-state index contributed by atoms with van der Waals surface area (Å²) in [5, 5.41) is 59.5. The second kappa shape index (κ2) is 13.3.